The van der Waals surface area contributed by atoms with Crippen molar-refractivity contribution < 1.29 is 8.42 Å². The summed E-state index contributed by atoms with van der Waals surface area (Å²) in [4.78, 5) is 0.362. The van der Waals surface area contributed by atoms with Crippen molar-refractivity contribution in [1.29, 1.82) is 0 Å². The lowest BCUT2D eigenvalue weighted by atomic mass is 9.95. The second kappa shape index (κ2) is 8.21. The lowest BCUT2D eigenvalue weighted by Crippen LogP contribution is -2.41. The zero-order chi connectivity index (χ0) is 17.9. The van der Waals surface area contributed by atoms with Crippen LogP contribution in [0.25, 0.3) is 0 Å². The molecule has 1 N–H and O–H groups in total. The fourth-order valence-corrected chi connectivity index (χ4v) is 5.32. The SMILES string of the molecule is O=S(=O)(Cc1ccc(Cl)cc1Br)c1ccc(CCCC2CNC2)cc1. The molecule has 3 nitrogen and oxygen atoms in total. The highest BCUT2D eigenvalue weighted by atomic mass is 79.9. The number of benzene rings is 2. The van der Waals surface area contributed by atoms with Gasteiger partial charge in [-0.05, 0) is 73.7 Å². The van der Waals surface area contributed by atoms with E-state index in [1.165, 1.54) is 12.0 Å². The van der Waals surface area contributed by atoms with Crippen molar-refractivity contribution in [2.75, 3.05) is 13.1 Å². The highest BCUT2D eigenvalue weighted by Crippen LogP contribution is 2.26. The summed E-state index contributed by atoms with van der Waals surface area (Å²) >= 11 is 9.30. The molecule has 0 bridgehead atoms. The van der Waals surface area contributed by atoms with Crippen molar-refractivity contribution in [3.63, 3.8) is 0 Å². The van der Waals surface area contributed by atoms with Crippen LogP contribution in [0.2, 0.25) is 5.02 Å². The molecule has 134 valence electrons. The zero-order valence-corrected chi connectivity index (χ0v) is 17.0. The van der Waals surface area contributed by atoms with Crippen LogP contribution in [0.5, 0.6) is 0 Å². The van der Waals surface area contributed by atoms with Crippen LogP contribution >= 0.6 is 27.5 Å². The second-order valence-electron chi connectivity index (χ2n) is 6.56. The van der Waals surface area contributed by atoms with Crippen LogP contribution < -0.4 is 5.32 Å². The van der Waals surface area contributed by atoms with E-state index in [9.17, 15) is 8.42 Å². The summed E-state index contributed by atoms with van der Waals surface area (Å²) in [7, 11) is -3.38. The van der Waals surface area contributed by atoms with E-state index in [1.807, 2.05) is 12.1 Å². The largest absolute Gasteiger partial charge is 0.316 e. The fraction of sp³-hybridized carbons (Fsp3) is 0.368. The highest BCUT2D eigenvalue weighted by Gasteiger charge is 2.18. The normalized spacial score (nSPS) is 15.1. The average Bonchev–Trinajstić information content (AvgIpc) is 2.53. The van der Waals surface area contributed by atoms with E-state index in [-0.39, 0.29) is 5.75 Å². The molecule has 0 unspecified atom stereocenters. The molecule has 0 atom stereocenters. The van der Waals surface area contributed by atoms with Gasteiger partial charge in [-0.1, -0.05) is 45.7 Å². The minimum absolute atomic E-state index is 0.0429. The summed E-state index contributed by atoms with van der Waals surface area (Å²) < 4.78 is 26.0. The first-order valence-corrected chi connectivity index (χ1v) is 11.2. The Kier molecular flexibility index (Phi) is 6.21. The van der Waals surface area contributed by atoms with Crippen molar-refractivity contribution in [2.45, 2.75) is 29.9 Å². The summed E-state index contributed by atoms with van der Waals surface area (Å²) in [5, 5.41) is 3.86. The van der Waals surface area contributed by atoms with E-state index in [2.05, 4.69) is 21.2 Å². The van der Waals surface area contributed by atoms with E-state index >= 15 is 0 Å². The molecule has 6 heteroatoms. The maximum atomic E-state index is 12.6. The minimum Gasteiger partial charge on any atom is -0.316 e. The third-order valence-corrected chi connectivity index (χ3v) is 7.24. The molecular formula is C19H21BrClNO2S. The van der Waals surface area contributed by atoms with Gasteiger partial charge < -0.3 is 5.32 Å². The molecule has 1 aliphatic rings. The Morgan fingerprint density at radius 3 is 2.44 bits per heavy atom. The number of hydrogen-bond donors (Lipinski definition) is 1. The van der Waals surface area contributed by atoms with Crippen LogP contribution in [0.1, 0.15) is 24.0 Å². The topological polar surface area (TPSA) is 46.2 Å². The molecule has 1 heterocycles. The third kappa shape index (κ3) is 5.07. The van der Waals surface area contributed by atoms with Gasteiger partial charge in [0, 0.05) is 9.50 Å². The highest BCUT2D eigenvalue weighted by molar-refractivity contribution is 9.10. The molecular weight excluding hydrogens is 422 g/mol. The Bertz CT molecular complexity index is 833. The van der Waals surface area contributed by atoms with Gasteiger partial charge in [0.05, 0.1) is 10.6 Å². The van der Waals surface area contributed by atoms with Crippen molar-refractivity contribution in [1.82, 2.24) is 5.32 Å². The smallest absolute Gasteiger partial charge is 0.182 e. The van der Waals surface area contributed by atoms with Gasteiger partial charge in [-0.2, -0.15) is 0 Å². The summed E-state index contributed by atoms with van der Waals surface area (Å²) in [6, 6.07) is 12.5. The number of halogens is 2. The molecule has 1 saturated heterocycles. The molecule has 3 rings (SSSR count). The standard InChI is InChI=1S/C19H21BrClNO2S/c20-19-10-17(21)7-6-16(19)13-25(23,24)18-8-4-14(5-9-18)2-1-3-15-11-22-12-15/h4-10,15,22H,1-3,11-13H2. The number of nitrogens with one attached hydrogen (secondary N) is 1. The van der Waals surface area contributed by atoms with Gasteiger partial charge in [0.25, 0.3) is 0 Å². The molecule has 1 aliphatic heterocycles. The molecule has 0 saturated carbocycles. The van der Waals surface area contributed by atoms with E-state index in [0.717, 1.165) is 31.8 Å². The number of aryl methyl sites for hydroxylation is 1. The predicted octanol–water partition coefficient (Wildman–Crippen LogP) is 4.62. The van der Waals surface area contributed by atoms with Gasteiger partial charge in [-0.25, -0.2) is 8.42 Å². The first kappa shape index (κ1) is 18.9. The molecule has 0 aliphatic carbocycles. The fourth-order valence-electron chi connectivity index (χ4n) is 2.94. The molecule has 1 fully saturated rings. The van der Waals surface area contributed by atoms with Crippen molar-refractivity contribution >= 4 is 37.4 Å². The van der Waals surface area contributed by atoms with Gasteiger partial charge >= 0.3 is 0 Å². The summed E-state index contributed by atoms with van der Waals surface area (Å²) in [6.07, 6.45) is 3.38. The Hall–Kier alpha value is -0.880. The number of sulfone groups is 1. The second-order valence-corrected chi connectivity index (χ2v) is 9.84. The van der Waals surface area contributed by atoms with Gasteiger partial charge in [-0.3, -0.25) is 0 Å². The van der Waals surface area contributed by atoms with Crippen molar-refractivity contribution in [3.05, 3.63) is 63.1 Å². The molecule has 0 radical (unpaired) electrons. The van der Waals surface area contributed by atoms with Crippen LogP contribution in [-0.4, -0.2) is 21.5 Å². The zero-order valence-electron chi connectivity index (χ0n) is 13.8. The van der Waals surface area contributed by atoms with Crippen LogP contribution in [0.15, 0.2) is 51.8 Å². The number of rotatable bonds is 7. The summed E-state index contributed by atoms with van der Waals surface area (Å²) in [5.41, 5.74) is 1.90. The summed E-state index contributed by atoms with van der Waals surface area (Å²) in [6.45, 7) is 2.27. The van der Waals surface area contributed by atoms with E-state index < -0.39 is 9.84 Å². The molecule has 0 spiro atoms. The maximum Gasteiger partial charge on any atom is 0.182 e. The van der Waals surface area contributed by atoms with Gasteiger partial charge in [-0.15, -0.1) is 0 Å². The van der Waals surface area contributed by atoms with E-state index in [0.29, 0.717) is 20.0 Å². The van der Waals surface area contributed by atoms with Gasteiger partial charge in [0.15, 0.2) is 9.84 Å². The van der Waals surface area contributed by atoms with Crippen LogP contribution in [0.4, 0.5) is 0 Å². The summed E-state index contributed by atoms with van der Waals surface area (Å²) in [5.74, 6) is 0.774. The quantitative estimate of drug-likeness (QED) is 0.680. The molecule has 25 heavy (non-hydrogen) atoms. The number of hydrogen-bond acceptors (Lipinski definition) is 3. The Labute approximate surface area is 162 Å². The maximum absolute atomic E-state index is 12.6. The molecule has 2 aromatic carbocycles. The van der Waals surface area contributed by atoms with Gasteiger partial charge in [0.2, 0.25) is 0 Å². The van der Waals surface area contributed by atoms with E-state index in [4.69, 9.17) is 11.6 Å². The van der Waals surface area contributed by atoms with Crippen molar-refractivity contribution in [2.24, 2.45) is 5.92 Å². The first-order chi connectivity index (χ1) is 11.9. The van der Waals surface area contributed by atoms with E-state index in [1.54, 1.807) is 30.3 Å². The van der Waals surface area contributed by atoms with Gasteiger partial charge in [0.1, 0.15) is 0 Å². The minimum atomic E-state index is -3.38. The van der Waals surface area contributed by atoms with Crippen molar-refractivity contribution in [3.8, 4) is 0 Å². The Morgan fingerprint density at radius 1 is 1.12 bits per heavy atom. The lowest BCUT2D eigenvalue weighted by Gasteiger charge is -2.26. The monoisotopic (exact) mass is 441 g/mol. The van der Waals surface area contributed by atoms with Crippen LogP contribution in [0, 0.1) is 5.92 Å². The average molecular weight is 443 g/mol. The lowest BCUT2D eigenvalue weighted by molar-refractivity contribution is 0.321. The Morgan fingerprint density at radius 2 is 1.84 bits per heavy atom. The third-order valence-electron chi connectivity index (χ3n) is 4.59. The molecule has 0 amide bonds. The molecule has 0 aromatic heterocycles. The van der Waals surface area contributed by atoms with Crippen LogP contribution in [-0.2, 0) is 22.0 Å². The first-order valence-electron chi connectivity index (χ1n) is 8.40. The Balaban J connectivity index is 1.63. The predicted molar refractivity (Wildman–Crippen MR) is 106 cm³/mol. The molecule has 2 aromatic rings. The van der Waals surface area contributed by atoms with Crippen LogP contribution in [0.3, 0.4) is 0 Å².